The molecule has 0 saturated carbocycles. The van der Waals surface area contributed by atoms with Gasteiger partial charge in [-0.2, -0.15) is 0 Å². The number of rotatable bonds is 4. The molecule has 2 heterocycles. The van der Waals surface area contributed by atoms with E-state index >= 15 is 0 Å². The summed E-state index contributed by atoms with van der Waals surface area (Å²) in [7, 11) is 0. The van der Waals surface area contributed by atoms with Gasteiger partial charge in [0.1, 0.15) is 16.8 Å². The Bertz CT molecular complexity index is 614. The van der Waals surface area contributed by atoms with Gasteiger partial charge in [-0.15, -0.1) is 11.3 Å². The standard InChI is InChI=1S/C15H17N3O2S/c16-8-11-6-7-12(20-11)14(19)18-15-13(17-9-21-15)10-4-2-1-3-5-10/h1-5,9,11-12H,6-8,16H2,(H,18,19)/t11-,12+/m1/s1. The Labute approximate surface area is 127 Å². The van der Waals surface area contributed by atoms with E-state index in [1.807, 2.05) is 30.3 Å². The normalized spacial score (nSPS) is 21.4. The number of nitrogens with one attached hydrogen (secondary N) is 1. The molecule has 21 heavy (non-hydrogen) atoms. The van der Waals surface area contributed by atoms with Crippen molar-refractivity contribution in [2.75, 3.05) is 11.9 Å². The molecule has 5 nitrogen and oxygen atoms in total. The largest absolute Gasteiger partial charge is 0.364 e. The molecular weight excluding hydrogens is 286 g/mol. The molecule has 1 fully saturated rings. The maximum absolute atomic E-state index is 12.3. The van der Waals surface area contributed by atoms with Crippen LogP contribution in [0.15, 0.2) is 35.8 Å². The number of carbonyl (C=O) groups excluding carboxylic acids is 1. The van der Waals surface area contributed by atoms with E-state index < -0.39 is 6.10 Å². The maximum Gasteiger partial charge on any atom is 0.254 e. The molecule has 3 rings (SSSR count). The molecule has 1 saturated heterocycles. The zero-order valence-electron chi connectivity index (χ0n) is 11.5. The Morgan fingerprint density at radius 2 is 2.19 bits per heavy atom. The minimum Gasteiger partial charge on any atom is -0.364 e. The molecule has 0 radical (unpaired) electrons. The Hall–Kier alpha value is -1.76. The first-order valence-corrected chi connectivity index (χ1v) is 7.81. The zero-order valence-corrected chi connectivity index (χ0v) is 12.3. The molecule has 3 N–H and O–H groups in total. The highest BCUT2D eigenvalue weighted by Gasteiger charge is 2.30. The van der Waals surface area contributed by atoms with Crippen molar-refractivity contribution in [3.8, 4) is 11.3 Å². The van der Waals surface area contributed by atoms with E-state index in [4.69, 9.17) is 10.5 Å². The first kappa shape index (κ1) is 14.2. The van der Waals surface area contributed by atoms with E-state index in [0.29, 0.717) is 13.0 Å². The molecule has 0 aliphatic carbocycles. The topological polar surface area (TPSA) is 77.2 Å². The Kier molecular flexibility index (Phi) is 4.28. The van der Waals surface area contributed by atoms with Crippen molar-refractivity contribution in [3.63, 3.8) is 0 Å². The summed E-state index contributed by atoms with van der Waals surface area (Å²) in [5.41, 5.74) is 9.08. The molecule has 110 valence electrons. The lowest BCUT2D eigenvalue weighted by molar-refractivity contribution is -0.126. The van der Waals surface area contributed by atoms with Crippen LogP contribution in [0, 0.1) is 0 Å². The fourth-order valence-electron chi connectivity index (χ4n) is 2.40. The Morgan fingerprint density at radius 1 is 1.38 bits per heavy atom. The fraction of sp³-hybridized carbons (Fsp3) is 0.333. The molecule has 2 atom stereocenters. The number of hydrogen-bond acceptors (Lipinski definition) is 5. The third kappa shape index (κ3) is 3.12. The second-order valence-corrected chi connectivity index (χ2v) is 5.80. The zero-order chi connectivity index (χ0) is 14.7. The fourth-order valence-corrected chi connectivity index (χ4v) is 3.11. The summed E-state index contributed by atoms with van der Waals surface area (Å²) in [6, 6.07) is 9.80. The summed E-state index contributed by atoms with van der Waals surface area (Å²) < 4.78 is 5.61. The molecule has 1 amide bonds. The average molecular weight is 303 g/mol. The molecular formula is C15H17N3O2S. The minimum absolute atomic E-state index is 0.00388. The van der Waals surface area contributed by atoms with Crippen LogP contribution in [0.1, 0.15) is 12.8 Å². The van der Waals surface area contributed by atoms with Gasteiger partial charge in [0, 0.05) is 12.1 Å². The molecule has 1 aliphatic rings. The van der Waals surface area contributed by atoms with Gasteiger partial charge in [-0.3, -0.25) is 4.79 Å². The number of hydrogen-bond donors (Lipinski definition) is 2. The van der Waals surface area contributed by atoms with Gasteiger partial charge < -0.3 is 15.8 Å². The van der Waals surface area contributed by atoms with Gasteiger partial charge in [-0.05, 0) is 12.8 Å². The van der Waals surface area contributed by atoms with E-state index in [9.17, 15) is 4.79 Å². The van der Waals surface area contributed by atoms with E-state index in [-0.39, 0.29) is 12.0 Å². The lowest BCUT2D eigenvalue weighted by Gasteiger charge is -2.12. The molecule has 6 heteroatoms. The molecule has 1 aliphatic heterocycles. The molecule has 1 aromatic heterocycles. The quantitative estimate of drug-likeness (QED) is 0.908. The SMILES string of the molecule is NC[C@H]1CC[C@@H](C(=O)Nc2scnc2-c2ccccc2)O1. The number of carbonyl (C=O) groups is 1. The number of thiazole rings is 1. The number of ether oxygens (including phenoxy) is 1. The molecule has 0 bridgehead atoms. The number of amides is 1. The van der Waals surface area contributed by atoms with Crippen molar-refractivity contribution in [3.05, 3.63) is 35.8 Å². The maximum atomic E-state index is 12.3. The summed E-state index contributed by atoms with van der Waals surface area (Å²) in [4.78, 5) is 16.6. The Balaban J connectivity index is 1.72. The summed E-state index contributed by atoms with van der Waals surface area (Å²) >= 11 is 1.41. The van der Waals surface area contributed by atoms with Crippen LogP contribution < -0.4 is 11.1 Å². The number of anilines is 1. The third-order valence-corrected chi connectivity index (χ3v) is 4.26. The van der Waals surface area contributed by atoms with Crippen LogP contribution in [0.25, 0.3) is 11.3 Å². The summed E-state index contributed by atoms with van der Waals surface area (Å²) in [6.07, 6.45) is 1.13. The number of benzene rings is 1. The first-order valence-electron chi connectivity index (χ1n) is 6.93. The van der Waals surface area contributed by atoms with Gasteiger partial charge >= 0.3 is 0 Å². The van der Waals surface area contributed by atoms with Gasteiger partial charge in [0.05, 0.1) is 11.6 Å². The predicted molar refractivity (Wildman–Crippen MR) is 83.1 cm³/mol. The van der Waals surface area contributed by atoms with Crippen molar-refractivity contribution >= 4 is 22.2 Å². The van der Waals surface area contributed by atoms with Crippen LogP contribution in [-0.4, -0.2) is 29.6 Å². The minimum atomic E-state index is -0.413. The lowest BCUT2D eigenvalue weighted by atomic mass is 10.1. The van der Waals surface area contributed by atoms with E-state index in [1.165, 1.54) is 11.3 Å². The first-order chi connectivity index (χ1) is 10.3. The molecule has 0 unspecified atom stereocenters. The van der Waals surface area contributed by atoms with Gasteiger partial charge in [0.2, 0.25) is 0 Å². The molecule has 2 aromatic rings. The lowest BCUT2D eigenvalue weighted by Crippen LogP contribution is -2.29. The van der Waals surface area contributed by atoms with Gasteiger partial charge in [-0.1, -0.05) is 30.3 Å². The van der Waals surface area contributed by atoms with Crippen LogP contribution in [0.2, 0.25) is 0 Å². The highest BCUT2D eigenvalue weighted by Crippen LogP contribution is 2.31. The van der Waals surface area contributed by atoms with Gasteiger partial charge in [0.15, 0.2) is 0 Å². The second-order valence-electron chi connectivity index (χ2n) is 4.95. The highest BCUT2D eigenvalue weighted by molar-refractivity contribution is 7.14. The number of nitrogens with two attached hydrogens (primary N) is 1. The highest BCUT2D eigenvalue weighted by atomic mass is 32.1. The van der Waals surface area contributed by atoms with E-state index in [2.05, 4.69) is 10.3 Å². The van der Waals surface area contributed by atoms with Crippen molar-refractivity contribution in [1.82, 2.24) is 4.98 Å². The van der Waals surface area contributed by atoms with Crippen LogP contribution in [0.5, 0.6) is 0 Å². The number of nitrogens with zero attached hydrogens (tertiary/aromatic N) is 1. The summed E-state index contributed by atoms with van der Waals surface area (Å²) in [5, 5.41) is 3.68. The summed E-state index contributed by atoms with van der Waals surface area (Å²) in [6.45, 7) is 0.458. The van der Waals surface area contributed by atoms with Crippen LogP contribution >= 0.6 is 11.3 Å². The summed E-state index contributed by atoms with van der Waals surface area (Å²) in [5.74, 6) is -0.118. The predicted octanol–water partition coefficient (Wildman–Crippen LogP) is 2.25. The van der Waals surface area contributed by atoms with Crippen molar-refractivity contribution < 1.29 is 9.53 Å². The smallest absolute Gasteiger partial charge is 0.254 e. The third-order valence-electron chi connectivity index (χ3n) is 3.51. The van der Waals surface area contributed by atoms with E-state index in [1.54, 1.807) is 5.51 Å². The molecule has 0 spiro atoms. The second kappa shape index (κ2) is 6.34. The molecule has 1 aromatic carbocycles. The number of aromatic nitrogens is 1. The van der Waals surface area contributed by atoms with Gasteiger partial charge in [0.25, 0.3) is 5.91 Å². The van der Waals surface area contributed by atoms with Crippen molar-refractivity contribution in [1.29, 1.82) is 0 Å². The van der Waals surface area contributed by atoms with Gasteiger partial charge in [-0.25, -0.2) is 4.98 Å². The monoisotopic (exact) mass is 303 g/mol. The average Bonchev–Trinajstić information content (AvgIpc) is 3.17. The van der Waals surface area contributed by atoms with Crippen LogP contribution in [0.4, 0.5) is 5.00 Å². The van der Waals surface area contributed by atoms with Crippen molar-refractivity contribution in [2.24, 2.45) is 5.73 Å². The van der Waals surface area contributed by atoms with Crippen LogP contribution in [0.3, 0.4) is 0 Å². The van der Waals surface area contributed by atoms with E-state index in [0.717, 1.165) is 22.7 Å². The van der Waals surface area contributed by atoms with Crippen molar-refractivity contribution in [2.45, 2.75) is 25.0 Å². The Morgan fingerprint density at radius 3 is 2.90 bits per heavy atom. The van der Waals surface area contributed by atoms with Crippen LogP contribution in [-0.2, 0) is 9.53 Å².